The monoisotopic (exact) mass is 242 g/mol. The standard InChI is InChI=1S/C12H16F2N2O/c1-12(17)3-2-5-16(6-4-12)11-10(14)7-9(13)8-15-11/h7-8,17H,2-6H2,1H3. The minimum Gasteiger partial charge on any atom is -0.390 e. The van der Waals surface area contributed by atoms with Crippen LogP contribution in [0.2, 0.25) is 0 Å². The molecule has 0 bridgehead atoms. The lowest BCUT2D eigenvalue weighted by molar-refractivity contribution is 0.0481. The van der Waals surface area contributed by atoms with Crippen molar-refractivity contribution >= 4 is 5.82 Å². The number of halogens is 2. The summed E-state index contributed by atoms with van der Waals surface area (Å²) in [7, 11) is 0. The van der Waals surface area contributed by atoms with Crippen LogP contribution in [-0.4, -0.2) is 28.8 Å². The third-order valence-electron chi connectivity index (χ3n) is 3.15. The highest BCUT2D eigenvalue weighted by molar-refractivity contribution is 5.40. The van der Waals surface area contributed by atoms with Crippen LogP contribution < -0.4 is 4.90 Å². The van der Waals surface area contributed by atoms with Gasteiger partial charge in [0, 0.05) is 19.2 Å². The van der Waals surface area contributed by atoms with Crippen molar-refractivity contribution in [2.45, 2.75) is 31.8 Å². The number of aliphatic hydroxyl groups is 1. The SMILES string of the molecule is CC1(O)CCCN(c2ncc(F)cc2F)CC1. The Morgan fingerprint density at radius 2 is 2.12 bits per heavy atom. The minimum atomic E-state index is -0.703. The molecule has 0 spiro atoms. The van der Waals surface area contributed by atoms with E-state index in [4.69, 9.17) is 0 Å². The van der Waals surface area contributed by atoms with E-state index >= 15 is 0 Å². The summed E-state index contributed by atoms with van der Waals surface area (Å²) < 4.78 is 26.3. The molecule has 1 N–H and O–H groups in total. The maximum Gasteiger partial charge on any atom is 0.168 e. The molecule has 0 aromatic carbocycles. The Morgan fingerprint density at radius 3 is 2.82 bits per heavy atom. The molecule has 0 radical (unpaired) electrons. The van der Waals surface area contributed by atoms with E-state index in [-0.39, 0.29) is 5.82 Å². The summed E-state index contributed by atoms with van der Waals surface area (Å²) in [5.41, 5.74) is -0.703. The highest BCUT2D eigenvalue weighted by Crippen LogP contribution is 2.25. The van der Waals surface area contributed by atoms with Crippen LogP contribution in [0.1, 0.15) is 26.2 Å². The summed E-state index contributed by atoms with van der Waals surface area (Å²) in [6.07, 6.45) is 3.03. The van der Waals surface area contributed by atoms with Crippen LogP contribution in [-0.2, 0) is 0 Å². The lowest BCUT2D eigenvalue weighted by Crippen LogP contribution is -2.29. The predicted molar refractivity (Wildman–Crippen MR) is 60.8 cm³/mol. The second-order valence-electron chi connectivity index (χ2n) is 4.80. The summed E-state index contributed by atoms with van der Waals surface area (Å²) in [5.74, 6) is -1.15. The molecular formula is C12H16F2N2O. The van der Waals surface area contributed by atoms with E-state index in [1.807, 2.05) is 0 Å². The molecule has 0 saturated carbocycles. The zero-order valence-corrected chi connectivity index (χ0v) is 9.79. The molecule has 1 aromatic rings. The largest absolute Gasteiger partial charge is 0.390 e. The van der Waals surface area contributed by atoms with Gasteiger partial charge in [0.15, 0.2) is 11.6 Å². The Kier molecular flexibility index (Phi) is 3.28. The van der Waals surface area contributed by atoms with Crippen molar-refractivity contribution in [2.75, 3.05) is 18.0 Å². The zero-order chi connectivity index (χ0) is 12.5. The lowest BCUT2D eigenvalue weighted by Gasteiger charge is -2.23. The zero-order valence-electron chi connectivity index (χ0n) is 9.79. The van der Waals surface area contributed by atoms with Crippen molar-refractivity contribution < 1.29 is 13.9 Å². The highest BCUT2D eigenvalue weighted by Gasteiger charge is 2.26. The van der Waals surface area contributed by atoms with Gasteiger partial charge in [-0.05, 0) is 26.2 Å². The van der Waals surface area contributed by atoms with Gasteiger partial charge in [-0.3, -0.25) is 0 Å². The van der Waals surface area contributed by atoms with E-state index in [0.29, 0.717) is 25.9 Å². The van der Waals surface area contributed by atoms with Gasteiger partial charge in [-0.15, -0.1) is 0 Å². The van der Waals surface area contributed by atoms with E-state index in [1.54, 1.807) is 11.8 Å². The first-order valence-electron chi connectivity index (χ1n) is 5.76. The Morgan fingerprint density at radius 1 is 1.35 bits per heavy atom. The summed E-state index contributed by atoms with van der Waals surface area (Å²) >= 11 is 0. The molecule has 3 nitrogen and oxygen atoms in total. The first-order chi connectivity index (χ1) is 7.98. The van der Waals surface area contributed by atoms with Crippen molar-refractivity contribution in [1.82, 2.24) is 4.98 Å². The molecule has 5 heteroatoms. The van der Waals surface area contributed by atoms with E-state index in [2.05, 4.69) is 4.98 Å². The number of hydrogen-bond donors (Lipinski definition) is 1. The van der Waals surface area contributed by atoms with Crippen molar-refractivity contribution in [3.05, 3.63) is 23.9 Å². The van der Waals surface area contributed by atoms with Crippen LogP contribution in [0.25, 0.3) is 0 Å². The van der Waals surface area contributed by atoms with Crippen LogP contribution in [0, 0.1) is 11.6 Å². The van der Waals surface area contributed by atoms with Gasteiger partial charge < -0.3 is 10.0 Å². The third-order valence-corrected chi connectivity index (χ3v) is 3.15. The van der Waals surface area contributed by atoms with Crippen LogP contribution >= 0.6 is 0 Å². The fourth-order valence-electron chi connectivity index (χ4n) is 2.12. The predicted octanol–water partition coefficient (Wildman–Crippen LogP) is 2.10. The van der Waals surface area contributed by atoms with Gasteiger partial charge >= 0.3 is 0 Å². The maximum atomic E-state index is 13.6. The highest BCUT2D eigenvalue weighted by atomic mass is 19.1. The van der Waals surface area contributed by atoms with Gasteiger partial charge in [-0.1, -0.05) is 0 Å². The molecule has 1 atom stereocenters. The summed E-state index contributed by atoms with van der Waals surface area (Å²) in [5, 5.41) is 9.93. The van der Waals surface area contributed by atoms with E-state index < -0.39 is 17.2 Å². The number of aromatic nitrogens is 1. The minimum absolute atomic E-state index is 0.170. The number of nitrogens with zero attached hydrogens (tertiary/aromatic N) is 2. The Balaban J connectivity index is 2.17. The van der Waals surface area contributed by atoms with Crippen LogP contribution in [0.3, 0.4) is 0 Å². The molecule has 0 aliphatic carbocycles. The number of anilines is 1. The Bertz CT molecular complexity index is 409. The quantitative estimate of drug-likeness (QED) is 0.819. The number of hydrogen-bond acceptors (Lipinski definition) is 3. The van der Waals surface area contributed by atoms with Crippen molar-refractivity contribution in [1.29, 1.82) is 0 Å². The van der Waals surface area contributed by atoms with E-state index in [1.165, 1.54) is 0 Å². The first-order valence-corrected chi connectivity index (χ1v) is 5.76. The van der Waals surface area contributed by atoms with Gasteiger partial charge in [0.2, 0.25) is 0 Å². The van der Waals surface area contributed by atoms with Crippen LogP contribution in [0.4, 0.5) is 14.6 Å². The lowest BCUT2D eigenvalue weighted by atomic mass is 9.98. The second kappa shape index (κ2) is 4.56. The molecular weight excluding hydrogens is 226 g/mol. The topological polar surface area (TPSA) is 36.4 Å². The molecule has 1 aliphatic heterocycles. The smallest absolute Gasteiger partial charge is 0.168 e. The van der Waals surface area contributed by atoms with E-state index in [0.717, 1.165) is 18.7 Å². The fourth-order valence-corrected chi connectivity index (χ4v) is 2.12. The van der Waals surface area contributed by atoms with Gasteiger partial charge in [-0.25, -0.2) is 13.8 Å². The van der Waals surface area contributed by atoms with Crippen molar-refractivity contribution in [2.24, 2.45) is 0 Å². The molecule has 1 saturated heterocycles. The van der Waals surface area contributed by atoms with Crippen LogP contribution in [0.5, 0.6) is 0 Å². The maximum absolute atomic E-state index is 13.6. The number of rotatable bonds is 1. The average Bonchev–Trinajstić information content (AvgIpc) is 2.40. The molecule has 1 aromatic heterocycles. The molecule has 94 valence electrons. The molecule has 1 aliphatic rings. The summed E-state index contributed by atoms with van der Waals surface area (Å²) in [6, 6.07) is 0.839. The molecule has 17 heavy (non-hydrogen) atoms. The number of pyridine rings is 1. The van der Waals surface area contributed by atoms with Crippen molar-refractivity contribution in [3.63, 3.8) is 0 Å². The molecule has 1 fully saturated rings. The van der Waals surface area contributed by atoms with Crippen LogP contribution in [0.15, 0.2) is 12.3 Å². The Labute approximate surface area is 99.1 Å². The molecule has 0 amide bonds. The third kappa shape index (κ3) is 2.91. The molecule has 2 heterocycles. The molecule has 2 rings (SSSR count). The fraction of sp³-hybridized carbons (Fsp3) is 0.583. The first kappa shape index (κ1) is 12.2. The molecule has 1 unspecified atom stereocenters. The van der Waals surface area contributed by atoms with Gasteiger partial charge in [0.25, 0.3) is 0 Å². The van der Waals surface area contributed by atoms with Crippen molar-refractivity contribution in [3.8, 4) is 0 Å². The van der Waals surface area contributed by atoms with Gasteiger partial charge in [-0.2, -0.15) is 0 Å². The summed E-state index contributed by atoms with van der Waals surface area (Å²) in [4.78, 5) is 5.55. The summed E-state index contributed by atoms with van der Waals surface area (Å²) in [6.45, 7) is 2.94. The van der Waals surface area contributed by atoms with Gasteiger partial charge in [0.05, 0.1) is 11.8 Å². The second-order valence-corrected chi connectivity index (χ2v) is 4.80. The average molecular weight is 242 g/mol. The van der Waals surface area contributed by atoms with Gasteiger partial charge in [0.1, 0.15) is 5.82 Å². The van der Waals surface area contributed by atoms with E-state index in [9.17, 15) is 13.9 Å². The Hall–Kier alpha value is -1.23. The normalized spacial score (nSPS) is 25.8.